The number of piperidine rings is 1. The van der Waals surface area contributed by atoms with Crippen LogP contribution in [0.5, 0.6) is 0 Å². The first-order valence-corrected chi connectivity index (χ1v) is 13.3. The molecular formula is C27H33N5OS. The van der Waals surface area contributed by atoms with Crippen LogP contribution in [0.1, 0.15) is 49.6 Å². The van der Waals surface area contributed by atoms with Crippen LogP contribution in [0.2, 0.25) is 0 Å². The molecule has 1 unspecified atom stereocenters. The molecule has 0 radical (unpaired) electrons. The number of likely N-dealkylation sites (tertiary alicyclic amines) is 1. The third-order valence-corrected chi connectivity index (χ3v) is 7.86. The zero-order valence-electron chi connectivity index (χ0n) is 19.9. The first-order chi connectivity index (χ1) is 16.7. The molecule has 6 nitrogen and oxygen atoms in total. The number of rotatable bonds is 7. The molecule has 1 saturated heterocycles. The molecule has 0 spiro atoms. The lowest BCUT2D eigenvalue weighted by atomic mass is 10.0. The van der Waals surface area contributed by atoms with Gasteiger partial charge in [0, 0.05) is 12.2 Å². The van der Waals surface area contributed by atoms with Gasteiger partial charge >= 0.3 is 0 Å². The standard InChI is InChI=1S/C27H33N5OS/c1-21(26(33)31-18-10-14-23-13-6-7-15-24(23)31)34-27-29-28-25(20-30-16-8-3-9-17-30)32(27)19-22-11-4-2-5-12-22/h2,4-7,11-13,15,21H,3,8-10,14,16-20H2,1H3. The van der Waals surface area contributed by atoms with Gasteiger partial charge in [-0.25, -0.2) is 0 Å². The van der Waals surface area contributed by atoms with Crippen molar-refractivity contribution in [1.82, 2.24) is 19.7 Å². The van der Waals surface area contributed by atoms with Gasteiger partial charge in [-0.1, -0.05) is 66.7 Å². The highest BCUT2D eigenvalue weighted by atomic mass is 32.2. The van der Waals surface area contributed by atoms with E-state index in [1.807, 2.05) is 24.0 Å². The van der Waals surface area contributed by atoms with Gasteiger partial charge in [-0.15, -0.1) is 10.2 Å². The van der Waals surface area contributed by atoms with E-state index < -0.39 is 0 Å². The van der Waals surface area contributed by atoms with Crippen LogP contribution in [-0.2, 0) is 24.3 Å². The molecule has 34 heavy (non-hydrogen) atoms. The summed E-state index contributed by atoms with van der Waals surface area (Å²) in [4.78, 5) is 17.9. The number of thioether (sulfide) groups is 1. The molecule has 1 aromatic heterocycles. The number of amides is 1. The Morgan fingerprint density at radius 3 is 2.50 bits per heavy atom. The topological polar surface area (TPSA) is 54.3 Å². The predicted octanol–water partition coefficient (Wildman–Crippen LogP) is 4.77. The number of aromatic nitrogens is 3. The largest absolute Gasteiger partial charge is 0.311 e. The Morgan fingerprint density at radius 2 is 1.68 bits per heavy atom. The number of hydrogen-bond donors (Lipinski definition) is 0. The normalized spacial score (nSPS) is 17.4. The van der Waals surface area contributed by atoms with Crippen molar-refractivity contribution in [2.24, 2.45) is 0 Å². The summed E-state index contributed by atoms with van der Waals surface area (Å²) < 4.78 is 2.21. The maximum Gasteiger partial charge on any atom is 0.240 e. The van der Waals surface area contributed by atoms with Crippen LogP contribution in [0.3, 0.4) is 0 Å². The summed E-state index contributed by atoms with van der Waals surface area (Å²) in [6.45, 7) is 6.52. The Morgan fingerprint density at radius 1 is 0.912 bits per heavy atom. The highest BCUT2D eigenvalue weighted by Crippen LogP contribution is 2.31. The second-order valence-corrected chi connectivity index (χ2v) is 10.6. The zero-order chi connectivity index (χ0) is 23.3. The van der Waals surface area contributed by atoms with Crippen molar-refractivity contribution in [2.75, 3.05) is 24.5 Å². The minimum atomic E-state index is -0.243. The Labute approximate surface area is 206 Å². The van der Waals surface area contributed by atoms with E-state index >= 15 is 0 Å². The number of carbonyl (C=O) groups excluding carboxylic acids is 1. The summed E-state index contributed by atoms with van der Waals surface area (Å²) in [6, 6.07) is 18.7. The average molecular weight is 476 g/mol. The first-order valence-electron chi connectivity index (χ1n) is 12.4. The molecule has 0 aliphatic carbocycles. The molecule has 3 heterocycles. The number of anilines is 1. The van der Waals surface area contributed by atoms with Gasteiger partial charge in [0.15, 0.2) is 5.16 Å². The average Bonchev–Trinajstić information content (AvgIpc) is 3.24. The highest BCUT2D eigenvalue weighted by molar-refractivity contribution is 8.00. The number of fused-ring (bicyclic) bond motifs is 1. The van der Waals surface area contributed by atoms with E-state index in [-0.39, 0.29) is 11.2 Å². The van der Waals surface area contributed by atoms with Gasteiger partial charge in [0.05, 0.1) is 18.3 Å². The third-order valence-electron chi connectivity index (χ3n) is 6.80. The molecule has 0 bridgehead atoms. The van der Waals surface area contributed by atoms with Crippen molar-refractivity contribution < 1.29 is 4.79 Å². The molecule has 0 N–H and O–H groups in total. The number of nitrogens with zero attached hydrogens (tertiary/aromatic N) is 5. The molecule has 2 aliphatic rings. The van der Waals surface area contributed by atoms with Gasteiger partial charge in [-0.3, -0.25) is 9.69 Å². The Balaban J connectivity index is 1.36. The molecule has 2 aliphatic heterocycles. The van der Waals surface area contributed by atoms with Crippen molar-refractivity contribution in [2.45, 2.75) is 62.5 Å². The molecule has 1 atom stereocenters. The van der Waals surface area contributed by atoms with Gasteiger partial charge < -0.3 is 9.47 Å². The molecule has 3 aromatic rings. The number of benzene rings is 2. The van der Waals surface area contributed by atoms with Gasteiger partial charge in [0.25, 0.3) is 0 Å². The van der Waals surface area contributed by atoms with Gasteiger partial charge in [-0.2, -0.15) is 0 Å². The molecule has 1 fully saturated rings. The van der Waals surface area contributed by atoms with Crippen LogP contribution in [0.15, 0.2) is 59.8 Å². The van der Waals surface area contributed by atoms with Crippen LogP contribution in [0.25, 0.3) is 0 Å². The van der Waals surface area contributed by atoms with Gasteiger partial charge in [0.2, 0.25) is 5.91 Å². The van der Waals surface area contributed by atoms with Crippen molar-refractivity contribution in [3.8, 4) is 0 Å². The third kappa shape index (κ3) is 5.20. The second kappa shape index (κ2) is 10.7. The molecule has 1 amide bonds. The maximum absolute atomic E-state index is 13.5. The fourth-order valence-corrected chi connectivity index (χ4v) is 5.89. The van der Waals surface area contributed by atoms with E-state index in [4.69, 9.17) is 0 Å². The lowest BCUT2D eigenvalue weighted by molar-refractivity contribution is -0.117. The monoisotopic (exact) mass is 475 g/mol. The van der Waals surface area contributed by atoms with Crippen molar-refractivity contribution >= 4 is 23.4 Å². The van der Waals surface area contributed by atoms with Crippen molar-refractivity contribution in [1.29, 1.82) is 0 Å². The first kappa shape index (κ1) is 23.1. The molecule has 0 saturated carbocycles. The summed E-state index contributed by atoms with van der Waals surface area (Å²) in [5.41, 5.74) is 3.53. The molecule has 5 rings (SSSR count). The van der Waals surface area contributed by atoms with Gasteiger partial charge in [-0.05, 0) is 62.9 Å². The quantitative estimate of drug-likeness (QED) is 0.461. The zero-order valence-corrected chi connectivity index (χ0v) is 20.7. The summed E-state index contributed by atoms with van der Waals surface area (Å²) in [5, 5.41) is 9.74. The van der Waals surface area contributed by atoms with Crippen molar-refractivity contribution in [3.63, 3.8) is 0 Å². The lowest BCUT2D eigenvalue weighted by Crippen LogP contribution is -2.40. The fraction of sp³-hybridized carbons (Fsp3) is 0.444. The van der Waals surface area contributed by atoms with Crippen LogP contribution in [0, 0.1) is 0 Å². The van der Waals surface area contributed by atoms with Crippen LogP contribution >= 0.6 is 11.8 Å². The van der Waals surface area contributed by atoms with E-state index in [9.17, 15) is 4.79 Å². The molecule has 7 heteroatoms. The summed E-state index contributed by atoms with van der Waals surface area (Å²) in [6.07, 6.45) is 5.85. The Kier molecular flexibility index (Phi) is 7.30. The number of aryl methyl sites for hydroxylation is 1. The lowest BCUT2D eigenvalue weighted by Gasteiger charge is -2.31. The minimum absolute atomic E-state index is 0.143. The van der Waals surface area contributed by atoms with Crippen molar-refractivity contribution in [3.05, 3.63) is 71.5 Å². The van der Waals surface area contributed by atoms with Gasteiger partial charge in [0.1, 0.15) is 5.82 Å². The second-order valence-electron chi connectivity index (χ2n) is 9.29. The summed E-state index contributed by atoms with van der Waals surface area (Å²) >= 11 is 1.53. The minimum Gasteiger partial charge on any atom is -0.311 e. The van der Waals surface area contributed by atoms with E-state index in [0.29, 0.717) is 6.54 Å². The molecule has 2 aromatic carbocycles. The molecule has 178 valence electrons. The van der Waals surface area contributed by atoms with Crippen LogP contribution < -0.4 is 4.90 Å². The fourth-order valence-electron chi connectivity index (χ4n) is 4.96. The van der Waals surface area contributed by atoms with E-state index in [1.54, 1.807) is 0 Å². The Bertz CT molecular complexity index is 1110. The summed E-state index contributed by atoms with van der Waals surface area (Å²) in [5.74, 6) is 1.13. The number of hydrogen-bond acceptors (Lipinski definition) is 5. The SMILES string of the molecule is CC(Sc1nnc(CN2CCCCC2)n1Cc1ccccc1)C(=O)N1CCCc2ccccc21. The van der Waals surface area contributed by atoms with E-state index in [1.165, 1.54) is 42.2 Å². The predicted molar refractivity (Wildman–Crippen MR) is 137 cm³/mol. The molecular weight excluding hydrogens is 442 g/mol. The number of carbonyl (C=O) groups is 1. The van der Waals surface area contributed by atoms with Crippen LogP contribution in [-0.4, -0.2) is 50.5 Å². The maximum atomic E-state index is 13.5. The van der Waals surface area contributed by atoms with E-state index in [2.05, 4.69) is 62.1 Å². The van der Waals surface area contributed by atoms with E-state index in [0.717, 1.165) is 55.7 Å². The summed E-state index contributed by atoms with van der Waals surface area (Å²) in [7, 11) is 0. The smallest absolute Gasteiger partial charge is 0.240 e. The van der Waals surface area contributed by atoms with Crippen LogP contribution in [0.4, 0.5) is 5.69 Å². The number of para-hydroxylation sites is 1. The Hall–Kier alpha value is -2.64. The highest BCUT2D eigenvalue weighted by Gasteiger charge is 2.28.